The zero-order valence-corrected chi connectivity index (χ0v) is 21.7. The molecule has 6 rings (SSSR count). The zero-order chi connectivity index (χ0) is 26.2. The van der Waals surface area contributed by atoms with Crippen LogP contribution in [0.5, 0.6) is 0 Å². The number of nitrogen functional groups attached to an aromatic ring is 1. The molecule has 0 radical (unpaired) electrons. The predicted octanol–water partition coefficient (Wildman–Crippen LogP) is 4.23. The van der Waals surface area contributed by atoms with Gasteiger partial charge in [-0.1, -0.05) is 29.8 Å². The Morgan fingerprint density at radius 2 is 1.82 bits per heavy atom. The molecule has 0 aliphatic carbocycles. The number of nitrogens with two attached hydrogens (primary N) is 1. The Labute approximate surface area is 225 Å². The van der Waals surface area contributed by atoms with Crippen molar-refractivity contribution < 1.29 is 0 Å². The van der Waals surface area contributed by atoms with E-state index in [1.165, 1.54) is 0 Å². The molecule has 1 aliphatic rings. The number of pyridine rings is 2. The lowest BCUT2D eigenvalue weighted by atomic mass is 10.0. The second kappa shape index (κ2) is 9.82. The number of nitrogens with zero attached hydrogens (tertiary/aromatic N) is 8. The van der Waals surface area contributed by atoms with Crippen molar-refractivity contribution in [2.45, 2.75) is 6.54 Å². The van der Waals surface area contributed by atoms with Crippen LogP contribution in [-0.4, -0.2) is 55.5 Å². The van der Waals surface area contributed by atoms with Crippen molar-refractivity contribution in [3.8, 4) is 28.3 Å². The third-order valence-corrected chi connectivity index (χ3v) is 7.38. The Balaban J connectivity index is 1.26. The Morgan fingerprint density at radius 3 is 2.50 bits per heavy atom. The summed E-state index contributed by atoms with van der Waals surface area (Å²) in [5.41, 5.74) is 11.9. The molecule has 9 nitrogen and oxygen atoms in total. The van der Waals surface area contributed by atoms with Crippen molar-refractivity contribution in [1.82, 2.24) is 29.3 Å². The highest BCUT2D eigenvalue weighted by Gasteiger charge is 2.21. The number of aromatic nitrogens is 5. The molecule has 0 bridgehead atoms. The molecule has 5 heterocycles. The molecule has 0 unspecified atom stereocenters. The van der Waals surface area contributed by atoms with Crippen LogP contribution in [0.15, 0.2) is 67.3 Å². The van der Waals surface area contributed by atoms with Gasteiger partial charge in [0.05, 0.1) is 11.7 Å². The van der Waals surface area contributed by atoms with E-state index in [1.807, 2.05) is 62.0 Å². The molecule has 2 N–H and O–H groups in total. The summed E-state index contributed by atoms with van der Waals surface area (Å²) < 4.78 is 3.43. The molecule has 1 fully saturated rings. The molecular formula is C28H26ClN9. The van der Waals surface area contributed by atoms with Crippen LogP contribution in [0.4, 0.5) is 11.6 Å². The minimum Gasteiger partial charge on any atom is -0.381 e. The van der Waals surface area contributed by atoms with Crippen LogP contribution in [0, 0.1) is 11.3 Å². The molecule has 1 saturated heterocycles. The van der Waals surface area contributed by atoms with Crippen LogP contribution in [-0.2, 0) is 13.6 Å². The fourth-order valence-electron chi connectivity index (χ4n) is 4.99. The highest BCUT2D eigenvalue weighted by Crippen LogP contribution is 2.34. The third-order valence-electron chi connectivity index (χ3n) is 7.01. The van der Waals surface area contributed by atoms with E-state index in [-0.39, 0.29) is 5.82 Å². The summed E-state index contributed by atoms with van der Waals surface area (Å²) in [6.45, 7) is 4.48. The summed E-state index contributed by atoms with van der Waals surface area (Å²) in [5, 5.41) is 19.3. The standard InChI is InChI=1S/C28H26ClN9/c1-35-16-22(15-33-35)21-12-23(27-24(13-30)28(31)34-38(27)18-21)19-6-7-26(32-14-19)37-10-8-36(9-11-37)17-20-4-2-3-5-25(20)29/h2-7,12,14-16,18H,8-11,17H2,1H3,(H2,31,34). The van der Waals surface area contributed by atoms with Crippen LogP contribution < -0.4 is 10.6 Å². The van der Waals surface area contributed by atoms with Gasteiger partial charge >= 0.3 is 0 Å². The van der Waals surface area contributed by atoms with Gasteiger partial charge in [-0.05, 0) is 29.8 Å². The van der Waals surface area contributed by atoms with Crippen LogP contribution in [0.2, 0.25) is 5.02 Å². The summed E-state index contributed by atoms with van der Waals surface area (Å²) >= 11 is 6.35. The normalized spacial score (nSPS) is 14.2. The summed E-state index contributed by atoms with van der Waals surface area (Å²) in [6.07, 6.45) is 7.47. The maximum Gasteiger partial charge on any atom is 0.164 e. The van der Waals surface area contributed by atoms with Crippen molar-refractivity contribution >= 4 is 28.8 Å². The number of nitriles is 1. The van der Waals surface area contributed by atoms with Gasteiger partial charge in [0.2, 0.25) is 0 Å². The second-order valence-electron chi connectivity index (χ2n) is 9.47. The summed E-state index contributed by atoms with van der Waals surface area (Å²) in [6, 6.07) is 16.4. The van der Waals surface area contributed by atoms with Crippen molar-refractivity contribution in [3.05, 3.63) is 83.4 Å². The largest absolute Gasteiger partial charge is 0.381 e. The van der Waals surface area contributed by atoms with Crippen molar-refractivity contribution in [1.29, 1.82) is 5.26 Å². The van der Waals surface area contributed by atoms with Gasteiger partial charge in [0.15, 0.2) is 5.82 Å². The Kier molecular flexibility index (Phi) is 6.19. The molecule has 1 aromatic carbocycles. The van der Waals surface area contributed by atoms with E-state index in [0.717, 1.165) is 71.4 Å². The van der Waals surface area contributed by atoms with E-state index < -0.39 is 0 Å². The molecule has 10 heteroatoms. The number of aryl methyl sites for hydroxylation is 1. The van der Waals surface area contributed by atoms with E-state index in [9.17, 15) is 5.26 Å². The number of piperazine rings is 1. The predicted molar refractivity (Wildman–Crippen MR) is 149 cm³/mol. The van der Waals surface area contributed by atoms with Crippen LogP contribution in [0.25, 0.3) is 27.8 Å². The van der Waals surface area contributed by atoms with E-state index in [0.29, 0.717) is 11.1 Å². The van der Waals surface area contributed by atoms with Gasteiger partial charge in [-0.2, -0.15) is 10.4 Å². The summed E-state index contributed by atoms with van der Waals surface area (Å²) in [4.78, 5) is 9.52. The summed E-state index contributed by atoms with van der Waals surface area (Å²) in [7, 11) is 1.88. The summed E-state index contributed by atoms with van der Waals surface area (Å²) in [5.74, 6) is 1.13. The van der Waals surface area contributed by atoms with Gasteiger partial charge in [-0.25, -0.2) is 9.50 Å². The number of rotatable bonds is 5. The SMILES string of the molecule is Cn1cc(-c2cc(-c3ccc(N4CCN(Cc5ccccc5Cl)CC4)nc3)c3c(C#N)c(N)nn3c2)cn1. The lowest BCUT2D eigenvalue weighted by Gasteiger charge is -2.35. The first kappa shape index (κ1) is 24.0. The first-order valence-corrected chi connectivity index (χ1v) is 12.8. The first-order valence-electron chi connectivity index (χ1n) is 12.4. The molecule has 4 aromatic heterocycles. The lowest BCUT2D eigenvalue weighted by molar-refractivity contribution is 0.249. The van der Waals surface area contributed by atoms with Crippen LogP contribution in [0.1, 0.15) is 11.1 Å². The highest BCUT2D eigenvalue weighted by molar-refractivity contribution is 6.31. The van der Waals surface area contributed by atoms with Crippen LogP contribution in [0.3, 0.4) is 0 Å². The fraction of sp³-hybridized carbons (Fsp3) is 0.214. The second-order valence-corrected chi connectivity index (χ2v) is 9.88. The fourth-order valence-corrected chi connectivity index (χ4v) is 5.19. The number of benzene rings is 1. The Morgan fingerprint density at radius 1 is 1.00 bits per heavy atom. The monoisotopic (exact) mass is 523 g/mol. The molecule has 38 heavy (non-hydrogen) atoms. The highest BCUT2D eigenvalue weighted by atomic mass is 35.5. The smallest absolute Gasteiger partial charge is 0.164 e. The van der Waals surface area contributed by atoms with Gasteiger partial charge in [0.1, 0.15) is 17.5 Å². The van der Waals surface area contributed by atoms with Crippen molar-refractivity contribution in [2.24, 2.45) is 7.05 Å². The van der Waals surface area contributed by atoms with Gasteiger partial charge < -0.3 is 10.6 Å². The van der Waals surface area contributed by atoms with E-state index >= 15 is 0 Å². The zero-order valence-electron chi connectivity index (χ0n) is 20.9. The Bertz CT molecular complexity index is 1650. The van der Waals surface area contributed by atoms with Crippen molar-refractivity contribution in [3.63, 3.8) is 0 Å². The number of hydrogen-bond donors (Lipinski definition) is 1. The molecule has 0 atom stereocenters. The topological polar surface area (TPSA) is 104 Å². The quantitative estimate of drug-likeness (QED) is 0.367. The molecule has 0 spiro atoms. The van der Waals surface area contributed by atoms with Crippen molar-refractivity contribution in [2.75, 3.05) is 36.8 Å². The maximum absolute atomic E-state index is 9.78. The molecule has 0 amide bonds. The minimum atomic E-state index is 0.205. The average molecular weight is 524 g/mol. The van der Waals surface area contributed by atoms with Crippen LogP contribution >= 0.6 is 11.6 Å². The lowest BCUT2D eigenvalue weighted by Crippen LogP contribution is -2.46. The molecule has 5 aromatic rings. The van der Waals surface area contributed by atoms with Gasteiger partial charge in [0, 0.05) is 85.6 Å². The molecule has 0 saturated carbocycles. The first-order chi connectivity index (χ1) is 18.5. The minimum absolute atomic E-state index is 0.205. The number of hydrogen-bond acceptors (Lipinski definition) is 7. The average Bonchev–Trinajstić information content (AvgIpc) is 3.52. The van der Waals surface area contributed by atoms with E-state index in [2.05, 4.69) is 32.1 Å². The molecule has 1 aliphatic heterocycles. The van der Waals surface area contributed by atoms with E-state index in [4.69, 9.17) is 22.3 Å². The van der Waals surface area contributed by atoms with Gasteiger partial charge in [-0.3, -0.25) is 9.58 Å². The molecule has 190 valence electrons. The maximum atomic E-state index is 9.78. The van der Waals surface area contributed by atoms with Gasteiger partial charge in [-0.15, -0.1) is 5.10 Å². The Hall–Kier alpha value is -4.39. The number of fused-ring (bicyclic) bond motifs is 1. The van der Waals surface area contributed by atoms with E-state index in [1.54, 1.807) is 15.4 Å². The van der Waals surface area contributed by atoms with Gasteiger partial charge in [0.25, 0.3) is 0 Å². The molecular weight excluding hydrogens is 498 g/mol. The third kappa shape index (κ3) is 4.45. The number of halogens is 1. The number of anilines is 2.